The van der Waals surface area contributed by atoms with Gasteiger partial charge in [-0.3, -0.25) is 9.59 Å². The standard InChI is InChI=1S/C20H19ClN2O4/c1-12-16-9-13(21)7-8-17(16)27-19(12)20(25)23(2)11-18(24)22-14-5-4-6-15(10-14)26-3/h4-10H,11H2,1-3H3,(H,22,24). The summed E-state index contributed by atoms with van der Waals surface area (Å²) in [6.45, 7) is 1.67. The van der Waals surface area contributed by atoms with Crippen LogP contribution in [-0.2, 0) is 4.79 Å². The lowest BCUT2D eigenvalue weighted by atomic mass is 10.1. The van der Waals surface area contributed by atoms with Crippen LogP contribution < -0.4 is 10.1 Å². The van der Waals surface area contributed by atoms with Gasteiger partial charge in [-0.15, -0.1) is 0 Å². The molecule has 27 heavy (non-hydrogen) atoms. The minimum absolute atomic E-state index is 0.118. The molecule has 1 heterocycles. The largest absolute Gasteiger partial charge is 0.497 e. The Bertz CT molecular complexity index is 1010. The molecule has 0 aliphatic carbocycles. The number of ether oxygens (including phenoxy) is 1. The average Bonchev–Trinajstić information content (AvgIpc) is 2.97. The first kappa shape index (κ1) is 18.8. The number of rotatable bonds is 5. The van der Waals surface area contributed by atoms with E-state index in [0.29, 0.717) is 27.6 Å². The van der Waals surface area contributed by atoms with Crippen LogP contribution >= 0.6 is 11.6 Å². The van der Waals surface area contributed by atoms with Crippen LogP contribution in [0.5, 0.6) is 5.75 Å². The van der Waals surface area contributed by atoms with Crippen LogP contribution in [0.2, 0.25) is 5.02 Å². The van der Waals surface area contributed by atoms with Gasteiger partial charge in [0.1, 0.15) is 11.3 Å². The van der Waals surface area contributed by atoms with Crippen molar-refractivity contribution >= 4 is 40.1 Å². The average molecular weight is 387 g/mol. The number of aryl methyl sites for hydroxylation is 1. The smallest absolute Gasteiger partial charge is 0.290 e. The molecule has 3 aromatic rings. The van der Waals surface area contributed by atoms with Gasteiger partial charge in [0.15, 0.2) is 5.76 Å². The van der Waals surface area contributed by atoms with Gasteiger partial charge >= 0.3 is 0 Å². The summed E-state index contributed by atoms with van der Waals surface area (Å²) in [5, 5.41) is 4.09. The molecule has 0 atom stereocenters. The number of benzene rings is 2. The van der Waals surface area contributed by atoms with Gasteiger partial charge in [-0.2, -0.15) is 0 Å². The highest BCUT2D eigenvalue weighted by Crippen LogP contribution is 2.28. The summed E-state index contributed by atoms with van der Waals surface area (Å²) in [4.78, 5) is 26.3. The van der Waals surface area contributed by atoms with Gasteiger partial charge in [-0.25, -0.2) is 0 Å². The van der Waals surface area contributed by atoms with Crippen molar-refractivity contribution in [2.45, 2.75) is 6.92 Å². The van der Waals surface area contributed by atoms with E-state index in [1.165, 1.54) is 4.90 Å². The van der Waals surface area contributed by atoms with Crippen LogP contribution in [0.4, 0.5) is 5.69 Å². The third-order valence-electron chi connectivity index (χ3n) is 4.17. The summed E-state index contributed by atoms with van der Waals surface area (Å²) in [5.74, 6) is 0.134. The van der Waals surface area contributed by atoms with Crippen LogP contribution in [0.15, 0.2) is 46.9 Å². The molecule has 7 heteroatoms. The second-order valence-corrected chi connectivity index (χ2v) is 6.57. The molecule has 6 nitrogen and oxygen atoms in total. The Hall–Kier alpha value is -2.99. The normalized spacial score (nSPS) is 10.7. The molecule has 0 spiro atoms. The topological polar surface area (TPSA) is 71.8 Å². The van der Waals surface area contributed by atoms with Crippen molar-refractivity contribution in [3.63, 3.8) is 0 Å². The van der Waals surface area contributed by atoms with E-state index in [1.807, 2.05) is 0 Å². The Labute approximate surface area is 161 Å². The van der Waals surface area contributed by atoms with Gasteiger partial charge in [0.05, 0.1) is 13.7 Å². The maximum absolute atomic E-state index is 12.7. The SMILES string of the molecule is COc1cccc(NC(=O)CN(C)C(=O)c2oc3ccc(Cl)cc3c2C)c1. The van der Waals surface area contributed by atoms with Gasteiger partial charge in [0, 0.05) is 34.8 Å². The number of nitrogens with one attached hydrogen (secondary N) is 1. The molecule has 0 fully saturated rings. The maximum Gasteiger partial charge on any atom is 0.290 e. The van der Waals surface area contributed by atoms with Gasteiger partial charge < -0.3 is 19.4 Å². The summed E-state index contributed by atoms with van der Waals surface area (Å²) in [6.07, 6.45) is 0. The number of amides is 2. The van der Waals surface area contributed by atoms with Crippen LogP contribution in [-0.4, -0.2) is 37.4 Å². The zero-order valence-electron chi connectivity index (χ0n) is 15.2. The summed E-state index contributed by atoms with van der Waals surface area (Å²) < 4.78 is 10.8. The molecule has 140 valence electrons. The van der Waals surface area contributed by atoms with E-state index in [-0.39, 0.29) is 24.1 Å². The van der Waals surface area contributed by atoms with E-state index in [9.17, 15) is 9.59 Å². The van der Waals surface area contributed by atoms with Crippen molar-refractivity contribution in [1.82, 2.24) is 4.90 Å². The molecular formula is C20H19ClN2O4. The number of fused-ring (bicyclic) bond motifs is 1. The Morgan fingerprint density at radius 2 is 2.00 bits per heavy atom. The number of anilines is 1. The van der Waals surface area contributed by atoms with E-state index >= 15 is 0 Å². The van der Waals surface area contributed by atoms with E-state index < -0.39 is 0 Å². The highest BCUT2D eigenvalue weighted by Gasteiger charge is 2.22. The Balaban J connectivity index is 1.72. The van der Waals surface area contributed by atoms with Crippen molar-refractivity contribution in [2.75, 3.05) is 26.0 Å². The first-order chi connectivity index (χ1) is 12.9. The molecule has 2 amide bonds. The van der Waals surface area contributed by atoms with E-state index in [0.717, 1.165) is 5.39 Å². The number of carbonyl (C=O) groups is 2. The first-order valence-corrected chi connectivity index (χ1v) is 8.65. The second-order valence-electron chi connectivity index (χ2n) is 6.14. The minimum atomic E-state index is -0.374. The molecule has 0 saturated heterocycles. The van der Waals surface area contributed by atoms with Crippen molar-refractivity contribution < 1.29 is 18.7 Å². The molecule has 1 aromatic heterocycles. The lowest BCUT2D eigenvalue weighted by molar-refractivity contribution is -0.116. The number of methoxy groups -OCH3 is 1. The van der Waals surface area contributed by atoms with Crippen molar-refractivity contribution in [3.05, 3.63) is 58.8 Å². The molecule has 0 aliphatic rings. The molecule has 0 radical (unpaired) electrons. The third-order valence-corrected chi connectivity index (χ3v) is 4.41. The van der Waals surface area contributed by atoms with Crippen LogP contribution in [0, 0.1) is 6.92 Å². The highest BCUT2D eigenvalue weighted by molar-refractivity contribution is 6.31. The molecule has 3 rings (SSSR count). The van der Waals surface area contributed by atoms with Gasteiger partial charge in [-0.05, 0) is 37.3 Å². The Morgan fingerprint density at radius 1 is 1.22 bits per heavy atom. The fourth-order valence-corrected chi connectivity index (χ4v) is 2.93. The van der Waals surface area contributed by atoms with Crippen molar-refractivity contribution in [2.24, 2.45) is 0 Å². The zero-order chi connectivity index (χ0) is 19.6. The lowest BCUT2D eigenvalue weighted by Gasteiger charge is -2.16. The number of likely N-dealkylation sites (N-methyl/N-ethyl adjacent to an activating group) is 1. The molecule has 2 aromatic carbocycles. The molecule has 0 unspecified atom stereocenters. The molecule has 1 N–H and O–H groups in total. The van der Waals surface area contributed by atoms with Crippen LogP contribution in [0.1, 0.15) is 16.1 Å². The summed E-state index contributed by atoms with van der Waals surface area (Å²) in [5.41, 5.74) is 1.86. The molecule has 0 saturated carbocycles. The molecule has 0 aliphatic heterocycles. The van der Waals surface area contributed by atoms with E-state index in [1.54, 1.807) is 63.5 Å². The fraction of sp³-hybridized carbons (Fsp3) is 0.200. The predicted molar refractivity (Wildman–Crippen MR) is 105 cm³/mol. The number of furan rings is 1. The quantitative estimate of drug-likeness (QED) is 0.716. The number of carbonyl (C=O) groups excluding carboxylic acids is 2. The summed E-state index contributed by atoms with van der Waals surface area (Å²) in [7, 11) is 3.10. The Morgan fingerprint density at radius 3 is 2.74 bits per heavy atom. The maximum atomic E-state index is 12.7. The highest BCUT2D eigenvalue weighted by atomic mass is 35.5. The molecular weight excluding hydrogens is 368 g/mol. The molecule has 0 bridgehead atoms. The zero-order valence-corrected chi connectivity index (χ0v) is 16.0. The number of hydrogen-bond donors (Lipinski definition) is 1. The minimum Gasteiger partial charge on any atom is -0.497 e. The van der Waals surface area contributed by atoms with Crippen LogP contribution in [0.3, 0.4) is 0 Å². The number of halogens is 1. The van der Waals surface area contributed by atoms with Crippen molar-refractivity contribution in [1.29, 1.82) is 0 Å². The van der Waals surface area contributed by atoms with Gasteiger partial charge in [0.25, 0.3) is 5.91 Å². The van der Waals surface area contributed by atoms with Gasteiger partial charge in [-0.1, -0.05) is 17.7 Å². The van der Waals surface area contributed by atoms with Gasteiger partial charge in [0.2, 0.25) is 5.91 Å². The monoisotopic (exact) mass is 386 g/mol. The predicted octanol–water partition coefficient (Wildman–Crippen LogP) is 4.11. The lowest BCUT2D eigenvalue weighted by Crippen LogP contribution is -2.35. The summed E-state index contributed by atoms with van der Waals surface area (Å²) in [6, 6.07) is 12.2. The first-order valence-electron chi connectivity index (χ1n) is 8.27. The van der Waals surface area contributed by atoms with E-state index in [2.05, 4.69) is 5.32 Å². The Kier molecular flexibility index (Phi) is 5.37. The second kappa shape index (κ2) is 7.72. The van der Waals surface area contributed by atoms with Crippen molar-refractivity contribution in [3.8, 4) is 5.75 Å². The van der Waals surface area contributed by atoms with Crippen LogP contribution in [0.25, 0.3) is 11.0 Å². The number of hydrogen-bond acceptors (Lipinski definition) is 4. The fourth-order valence-electron chi connectivity index (χ4n) is 2.76. The summed E-state index contributed by atoms with van der Waals surface area (Å²) >= 11 is 6.01. The van der Waals surface area contributed by atoms with E-state index in [4.69, 9.17) is 20.8 Å². The number of nitrogens with zero attached hydrogens (tertiary/aromatic N) is 1. The third kappa shape index (κ3) is 4.06.